The molecule has 0 fully saturated rings. The van der Waals surface area contributed by atoms with Gasteiger partial charge in [-0.3, -0.25) is 14.5 Å². The summed E-state index contributed by atoms with van der Waals surface area (Å²) in [5.74, 6) is 0. The number of aromatic nitrogens is 4. The van der Waals surface area contributed by atoms with Crippen molar-refractivity contribution in [3.8, 4) is 11.1 Å². The first-order valence-corrected chi connectivity index (χ1v) is 4.40. The number of nitrogens with zero attached hydrogens (tertiary/aromatic N) is 2. The topological polar surface area (TPSA) is 83.5 Å². The molecule has 0 saturated heterocycles. The van der Waals surface area contributed by atoms with E-state index in [9.17, 15) is 9.59 Å². The van der Waals surface area contributed by atoms with Gasteiger partial charge >= 0.3 is 5.69 Å². The fraction of sp³-hybridized carbons (Fsp3) is 0.222. The van der Waals surface area contributed by atoms with E-state index in [-0.39, 0.29) is 0 Å². The van der Waals surface area contributed by atoms with E-state index < -0.39 is 11.2 Å². The van der Waals surface area contributed by atoms with E-state index in [0.717, 1.165) is 0 Å². The minimum Gasteiger partial charge on any atom is -0.311 e. The minimum atomic E-state index is -0.495. The molecule has 0 aliphatic rings. The Hall–Kier alpha value is -2.11. The van der Waals surface area contributed by atoms with E-state index in [1.165, 1.54) is 0 Å². The van der Waals surface area contributed by atoms with Crippen molar-refractivity contribution in [1.82, 2.24) is 19.7 Å². The fourth-order valence-corrected chi connectivity index (χ4v) is 1.50. The highest BCUT2D eigenvalue weighted by atomic mass is 16.2. The molecule has 0 aliphatic carbocycles. The summed E-state index contributed by atoms with van der Waals surface area (Å²) in [5.41, 5.74) is 0.779. The molecule has 78 valence electrons. The molecule has 0 bridgehead atoms. The third-order valence-electron chi connectivity index (χ3n) is 2.12. The smallest absolute Gasteiger partial charge is 0.311 e. The molecule has 0 aromatic carbocycles. The third-order valence-corrected chi connectivity index (χ3v) is 2.12. The molecule has 2 heterocycles. The van der Waals surface area contributed by atoms with Gasteiger partial charge in [-0.1, -0.05) is 0 Å². The number of aromatic amines is 2. The van der Waals surface area contributed by atoms with Gasteiger partial charge in [0, 0.05) is 24.5 Å². The molecule has 2 aromatic rings. The zero-order valence-electron chi connectivity index (χ0n) is 8.37. The zero-order valence-corrected chi connectivity index (χ0v) is 8.37. The lowest BCUT2D eigenvalue weighted by Gasteiger charge is -1.99. The van der Waals surface area contributed by atoms with Crippen LogP contribution >= 0.6 is 0 Å². The minimum absolute atomic E-state index is 0.399. The van der Waals surface area contributed by atoms with Crippen LogP contribution in [0.3, 0.4) is 0 Å². The Kier molecular flexibility index (Phi) is 2.03. The molecule has 6 nitrogen and oxygen atoms in total. The van der Waals surface area contributed by atoms with Crippen LogP contribution in [0.2, 0.25) is 0 Å². The zero-order chi connectivity index (χ0) is 11.0. The molecule has 0 unspecified atom stereocenters. The van der Waals surface area contributed by atoms with E-state index in [0.29, 0.717) is 16.8 Å². The summed E-state index contributed by atoms with van der Waals surface area (Å²) in [5, 5.41) is 3.97. The van der Waals surface area contributed by atoms with Crippen molar-refractivity contribution in [2.75, 3.05) is 0 Å². The first-order valence-electron chi connectivity index (χ1n) is 4.40. The quantitative estimate of drug-likeness (QED) is 0.676. The van der Waals surface area contributed by atoms with Crippen molar-refractivity contribution >= 4 is 0 Å². The average molecular weight is 206 g/mol. The number of aryl methyl sites for hydroxylation is 2. The Morgan fingerprint density at radius 3 is 2.60 bits per heavy atom. The van der Waals surface area contributed by atoms with Crippen LogP contribution in [0, 0.1) is 6.92 Å². The van der Waals surface area contributed by atoms with Crippen LogP contribution < -0.4 is 11.2 Å². The lowest BCUT2D eigenvalue weighted by Crippen LogP contribution is -2.24. The molecule has 0 spiro atoms. The molecule has 2 aromatic heterocycles. The molecule has 0 saturated carbocycles. The highest BCUT2D eigenvalue weighted by Crippen LogP contribution is 2.14. The molecule has 6 heteroatoms. The number of hydrogen-bond acceptors (Lipinski definition) is 3. The number of rotatable bonds is 1. The third kappa shape index (κ3) is 1.61. The molecule has 0 amide bonds. The second-order valence-electron chi connectivity index (χ2n) is 3.31. The molecular weight excluding hydrogens is 196 g/mol. The van der Waals surface area contributed by atoms with Gasteiger partial charge in [-0.25, -0.2) is 4.79 Å². The van der Waals surface area contributed by atoms with Gasteiger partial charge in [-0.15, -0.1) is 0 Å². The number of hydrogen-bond donors (Lipinski definition) is 2. The van der Waals surface area contributed by atoms with E-state index in [1.807, 2.05) is 0 Å². The monoisotopic (exact) mass is 206 g/mol. The summed E-state index contributed by atoms with van der Waals surface area (Å²) in [6, 6.07) is 0. The summed E-state index contributed by atoms with van der Waals surface area (Å²) in [6.45, 7) is 1.68. The van der Waals surface area contributed by atoms with Crippen molar-refractivity contribution in [3.63, 3.8) is 0 Å². The van der Waals surface area contributed by atoms with Crippen molar-refractivity contribution in [2.45, 2.75) is 6.92 Å². The van der Waals surface area contributed by atoms with Gasteiger partial charge in [0.1, 0.15) is 0 Å². The number of H-pyrrole nitrogens is 2. The van der Waals surface area contributed by atoms with E-state index >= 15 is 0 Å². The summed E-state index contributed by atoms with van der Waals surface area (Å²) in [7, 11) is 1.76. The van der Waals surface area contributed by atoms with Crippen LogP contribution in [0.15, 0.2) is 22.0 Å². The van der Waals surface area contributed by atoms with Crippen molar-refractivity contribution in [3.05, 3.63) is 38.9 Å². The standard InChI is InChI=1S/C9H10N4O2/c1-5-7(6-3-10-13(2)4-6)8(14)12-9(15)11-5/h3-4H,1-2H3,(H2,11,12,14,15). The highest BCUT2D eigenvalue weighted by Gasteiger charge is 2.09. The highest BCUT2D eigenvalue weighted by molar-refractivity contribution is 5.62. The summed E-state index contributed by atoms with van der Waals surface area (Å²) in [6.07, 6.45) is 3.30. The first-order chi connectivity index (χ1) is 7.08. The molecule has 2 N–H and O–H groups in total. The van der Waals surface area contributed by atoms with Crippen LogP contribution in [-0.2, 0) is 7.05 Å². The van der Waals surface area contributed by atoms with Gasteiger partial charge in [0.2, 0.25) is 0 Å². The van der Waals surface area contributed by atoms with Crippen LogP contribution in [0.5, 0.6) is 0 Å². The van der Waals surface area contributed by atoms with Gasteiger partial charge in [0.05, 0.1) is 11.8 Å². The molecular formula is C9H10N4O2. The average Bonchev–Trinajstić information content (AvgIpc) is 2.49. The molecule has 15 heavy (non-hydrogen) atoms. The Labute approximate surface area is 84.6 Å². The van der Waals surface area contributed by atoms with Gasteiger partial charge in [-0.2, -0.15) is 5.10 Å². The molecule has 2 rings (SSSR count). The van der Waals surface area contributed by atoms with Gasteiger partial charge in [0.25, 0.3) is 5.56 Å². The van der Waals surface area contributed by atoms with Crippen molar-refractivity contribution in [2.24, 2.45) is 7.05 Å². The summed E-state index contributed by atoms with van der Waals surface area (Å²) < 4.78 is 1.60. The van der Waals surface area contributed by atoms with Gasteiger partial charge in [0.15, 0.2) is 0 Å². The Morgan fingerprint density at radius 1 is 1.33 bits per heavy atom. The maximum absolute atomic E-state index is 11.6. The maximum Gasteiger partial charge on any atom is 0.325 e. The van der Waals surface area contributed by atoms with Gasteiger partial charge in [-0.05, 0) is 6.92 Å². The Morgan fingerprint density at radius 2 is 2.07 bits per heavy atom. The van der Waals surface area contributed by atoms with Crippen LogP contribution in [0.25, 0.3) is 11.1 Å². The number of nitrogens with one attached hydrogen (secondary N) is 2. The Balaban J connectivity index is 2.73. The van der Waals surface area contributed by atoms with Crippen LogP contribution in [0.1, 0.15) is 5.69 Å². The Bertz CT molecular complexity index is 605. The SMILES string of the molecule is Cc1[nH]c(=O)[nH]c(=O)c1-c1cnn(C)c1. The second kappa shape index (κ2) is 3.23. The summed E-state index contributed by atoms with van der Waals surface area (Å²) in [4.78, 5) is 27.2. The molecule has 0 atom stereocenters. The first kappa shape index (κ1) is 9.45. The predicted octanol–water partition coefficient (Wildman–Crippen LogP) is -0.228. The second-order valence-corrected chi connectivity index (χ2v) is 3.31. The fourth-order valence-electron chi connectivity index (χ4n) is 1.50. The predicted molar refractivity (Wildman–Crippen MR) is 54.6 cm³/mol. The molecule has 0 radical (unpaired) electrons. The van der Waals surface area contributed by atoms with Crippen molar-refractivity contribution in [1.29, 1.82) is 0 Å². The maximum atomic E-state index is 11.6. The summed E-state index contributed by atoms with van der Waals surface area (Å²) >= 11 is 0. The molecule has 0 aliphatic heterocycles. The lowest BCUT2D eigenvalue weighted by atomic mass is 10.1. The largest absolute Gasteiger partial charge is 0.325 e. The van der Waals surface area contributed by atoms with E-state index in [4.69, 9.17) is 0 Å². The van der Waals surface area contributed by atoms with Crippen LogP contribution in [0.4, 0.5) is 0 Å². The van der Waals surface area contributed by atoms with Crippen molar-refractivity contribution < 1.29 is 0 Å². The normalized spacial score (nSPS) is 10.5. The lowest BCUT2D eigenvalue weighted by molar-refractivity contribution is 0.768. The van der Waals surface area contributed by atoms with E-state index in [2.05, 4.69) is 15.1 Å². The van der Waals surface area contributed by atoms with Gasteiger partial charge < -0.3 is 4.98 Å². The van der Waals surface area contributed by atoms with Crippen LogP contribution in [-0.4, -0.2) is 19.7 Å². The van der Waals surface area contributed by atoms with E-state index in [1.54, 1.807) is 31.0 Å².